The molecule has 5 N–H and O–H groups in total. The summed E-state index contributed by atoms with van der Waals surface area (Å²) in [5.41, 5.74) is 7.13. The number of rotatable bonds is 17. The minimum atomic E-state index is -3.48. The van der Waals surface area contributed by atoms with E-state index in [2.05, 4.69) is 10.6 Å². The molecular weight excluding hydrogens is 477 g/mol. The van der Waals surface area contributed by atoms with Crippen LogP contribution in [0.1, 0.15) is 44.2 Å². The zero-order chi connectivity index (χ0) is 26.3. The van der Waals surface area contributed by atoms with Gasteiger partial charge in [0.25, 0.3) is 5.91 Å². The number of carbonyl (C=O) groups excluding carboxylic acids is 3. The van der Waals surface area contributed by atoms with Gasteiger partial charge in [-0.15, -0.1) is 0 Å². The summed E-state index contributed by atoms with van der Waals surface area (Å²) < 4.78 is 27.6. The smallest absolute Gasteiger partial charge is 0.405 e. The first-order chi connectivity index (χ1) is 16.6. The van der Waals surface area contributed by atoms with Crippen LogP contribution in [0.25, 0.3) is 0 Å². The first kappa shape index (κ1) is 30.6. The summed E-state index contributed by atoms with van der Waals surface area (Å²) in [7, 11) is -3.48. The molecule has 198 valence electrons. The number of amides is 3. The van der Waals surface area contributed by atoms with E-state index in [4.69, 9.17) is 19.5 Å². The zero-order valence-corrected chi connectivity index (χ0v) is 21.6. The minimum absolute atomic E-state index is 0.163. The average molecular weight is 516 g/mol. The fourth-order valence-corrected chi connectivity index (χ4v) is 4.91. The molecule has 3 amide bonds. The van der Waals surface area contributed by atoms with Crippen molar-refractivity contribution in [1.82, 2.24) is 10.6 Å². The van der Waals surface area contributed by atoms with Crippen LogP contribution in [-0.4, -0.2) is 67.7 Å². The highest BCUT2D eigenvalue weighted by atomic mass is 31.2. The number of primary amides is 1. The van der Waals surface area contributed by atoms with Crippen molar-refractivity contribution in [1.29, 1.82) is 0 Å². The summed E-state index contributed by atoms with van der Waals surface area (Å²) in [5, 5.41) is 15.0. The summed E-state index contributed by atoms with van der Waals surface area (Å²) in [6.45, 7) is 5.57. The van der Waals surface area contributed by atoms with Gasteiger partial charge in [0, 0.05) is 6.54 Å². The SMILES string of the molecule is CCOP(=O)(CC(=O)NCCCCC(OC(N)=O)C(=O)NC(CO)Cc1cccc(C)c1)OCC. The molecular formula is C23H38N3O8P. The van der Waals surface area contributed by atoms with Gasteiger partial charge in [0.05, 0.1) is 25.9 Å². The van der Waals surface area contributed by atoms with Crippen LogP contribution in [0, 0.1) is 6.92 Å². The number of aliphatic hydroxyl groups excluding tert-OH is 1. The lowest BCUT2D eigenvalue weighted by atomic mass is 10.0. The summed E-state index contributed by atoms with van der Waals surface area (Å²) in [6.07, 6.45) is -1.12. The predicted molar refractivity (Wildman–Crippen MR) is 131 cm³/mol. The van der Waals surface area contributed by atoms with Gasteiger partial charge in [-0.1, -0.05) is 29.8 Å². The van der Waals surface area contributed by atoms with Crippen molar-refractivity contribution < 1.29 is 37.8 Å². The standard InChI is InChI=1S/C23H38N3O8P/c1-4-32-35(31,33-5-2)16-21(28)25-12-7-6-11-20(34-23(24)30)22(29)26-19(15-27)14-18-10-8-9-17(3)13-18/h8-10,13,19-20,27H,4-7,11-12,14-16H2,1-3H3,(H2,24,30)(H,25,28)(H,26,29). The highest BCUT2D eigenvalue weighted by Crippen LogP contribution is 2.47. The molecule has 12 heteroatoms. The van der Waals surface area contributed by atoms with Crippen LogP contribution in [0.3, 0.4) is 0 Å². The maximum atomic E-state index is 12.7. The number of aliphatic hydroxyl groups is 1. The molecule has 1 aromatic rings. The molecule has 1 rings (SSSR count). The van der Waals surface area contributed by atoms with Gasteiger partial charge in [-0.25, -0.2) is 4.79 Å². The quantitative estimate of drug-likeness (QED) is 0.181. The molecule has 0 spiro atoms. The number of nitrogens with one attached hydrogen (secondary N) is 2. The van der Waals surface area contributed by atoms with Crippen LogP contribution < -0.4 is 16.4 Å². The lowest BCUT2D eigenvalue weighted by molar-refractivity contribution is -0.131. The Hall–Kier alpha value is -2.46. The molecule has 0 aliphatic heterocycles. The third-order valence-corrected chi connectivity index (χ3v) is 6.86. The largest absolute Gasteiger partial charge is 0.436 e. The van der Waals surface area contributed by atoms with Crippen LogP contribution in [-0.2, 0) is 34.4 Å². The van der Waals surface area contributed by atoms with E-state index in [1.54, 1.807) is 13.8 Å². The Kier molecular flexibility index (Phi) is 14.2. The molecule has 0 fully saturated rings. The number of hydrogen-bond acceptors (Lipinski definition) is 8. The normalized spacial score (nSPS) is 13.0. The van der Waals surface area contributed by atoms with Crippen molar-refractivity contribution in [3.05, 3.63) is 35.4 Å². The molecule has 2 atom stereocenters. The van der Waals surface area contributed by atoms with Crippen LogP contribution >= 0.6 is 7.60 Å². The van der Waals surface area contributed by atoms with Gasteiger partial charge in [-0.3, -0.25) is 14.2 Å². The second kappa shape index (κ2) is 16.3. The average Bonchev–Trinajstić information content (AvgIpc) is 2.77. The lowest BCUT2D eigenvalue weighted by Crippen LogP contribution is -2.46. The number of nitrogens with two attached hydrogens (primary N) is 1. The van der Waals surface area contributed by atoms with Crippen molar-refractivity contribution in [3.63, 3.8) is 0 Å². The molecule has 0 bridgehead atoms. The summed E-state index contributed by atoms with van der Waals surface area (Å²) >= 11 is 0. The molecule has 0 radical (unpaired) electrons. The number of benzene rings is 1. The van der Waals surface area contributed by atoms with E-state index in [0.717, 1.165) is 11.1 Å². The fourth-order valence-electron chi connectivity index (χ4n) is 3.40. The molecule has 11 nitrogen and oxygen atoms in total. The van der Waals surface area contributed by atoms with E-state index in [0.29, 0.717) is 19.3 Å². The maximum absolute atomic E-state index is 12.7. The van der Waals surface area contributed by atoms with Gasteiger partial charge < -0.3 is 35.3 Å². The number of hydrogen-bond donors (Lipinski definition) is 4. The van der Waals surface area contributed by atoms with E-state index < -0.39 is 37.6 Å². The van der Waals surface area contributed by atoms with Crippen LogP contribution in [0.5, 0.6) is 0 Å². The Balaban J connectivity index is 2.53. The van der Waals surface area contributed by atoms with Crippen LogP contribution in [0.4, 0.5) is 4.79 Å². The van der Waals surface area contributed by atoms with E-state index in [9.17, 15) is 24.1 Å². The first-order valence-electron chi connectivity index (χ1n) is 11.7. The fraction of sp³-hybridized carbons (Fsp3) is 0.609. The summed E-state index contributed by atoms with van der Waals surface area (Å²) in [6, 6.07) is 7.14. The van der Waals surface area contributed by atoms with Gasteiger partial charge in [0.1, 0.15) is 6.16 Å². The summed E-state index contributed by atoms with van der Waals surface area (Å²) in [5.74, 6) is -1.03. The molecule has 0 saturated heterocycles. The molecule has 0 heterocycles. The number of carbonyl (C=O) groups is 3. The van der Waals surface area contributed by atoms with Gasteiger partial charge in [-0.05, 0) is 52.0 Å². The molecule has 35 heavy (non-hydrogen) atoms. The number of unbranched alkanes of at least 4 members (excludes halogenated alkanes) is 1. The second-order valence-corrected chi connectivity index (χ2v) is 10.0. The highest BCUT2D eigenvalue weighted by molar-refractivity contribution is 7.54. The third-order valence-electron chi connectivity index (χ3n) is 4.89. The minimum Gasteiger partial charge on any atom is -0.436 e. The van der Waals surface area contributed by atoms with Crippen LogP contribution in [0.15, 0.2) is 24.3 Å². The summed E-state index contributed by atoms with van der Waals surface area (Å²) in [4.78, 5) is 36.0. The van der Waals surface area contributed by atoms with Crippen molar-refractivity contribution >= 4 is 25.5 Å². The molecule has 0 aromatic heterocycles. The number of aryl methyl sites for hydroxylation is 1. The monoisotopic (exact) mass is 515 g/mol. The molecule has 0 aliphatic carbocycles. The van der Waals surface area contributed by atoms with E-state index in [-0.39, 0.29) is 38.9 Å². The van der Waals surface area contributed by atoms with Crippen molar-refractivity contribution in [2.45, 2.75) is 58.6 Å². The Morgan fingerprint density at radius 1 is 1.14 bits per heavy atom. The van der Waals surface area contributed by atoms with E-state index in [1.165, 1.54) is 0 Å². The Morgan fingerprint density at radius 3 is 2.40 bits per heavy atom. The van der Waals surface area contributed by atoms with Gasteiger partial charge in [0.2, 0.25) is 5.91 Å². The third kappa shape index (κ3) is 12.7. The van der Waals surface area contributed by atoms with E-state index in [1.807, 2.05) is 31.2 Å². The van der Waals surface area contributed by atoms with Gasteiger partial charge in [0.15, 0.2) is 6.10 Å². The van der Waals surface area contributed by atoms with Crippen molar-refractivity contribution in [3.8, 4) is 0 Å². The topological polar surface area (TPSA) is 166 Å². The molecule has 1 aromatic carbocycles. The van der Waals surface area contributed by atoms with Crippen molar-refractivity contribution in [2.75, 3.05) is 32.5 Å². The number of ether oxygens (including phenoxy) is 1. The lowest BCUT2D eigenvalue weighted by Gasteiger charge is -2.21. The zero-order valence-electron chi connectivity index (χ0n) is 20.7. The van der Waals surface area contributed by atoms with Crippen molar-refractivity contribution in [2.24, 2.45) is 5.73 Å². The van der Waals surface area contributed by atoms with Crippen LogP contribution in [0.2, 0.25) is 0 Å². The first-order valence-corrected chi connectivity index (χ1v) is 13.4. The van der Waals surface area contributed by atoms with E-state index >= 15 is 0 Å². The predicted octanol–water partition coefficient (Wildman–Crippen LogP) is 2.03. The van der Waals surface area contributed by atoms with Gasteiger partial charge >= 0.3 is 13.7 Å². The Bertz CT molecular complexity index is 857. The molecule has 2 unspecified atom stereocenters. The second-order valence-electron chi connectivity index (χ2n) is 7.96. The molecule has 0 aliphatic rings. The maximum Gasteiger partial charge on any atom is 0.405 e. The highest BCUT2D eigenvalue weighted by Gasteiger charge is 2.27. The Labute approximate surface area is 206 Å². The molecule has 0 saturated carbocycles. The van der Waals surface area contributed by atoms with Gasteiger partial charge in [-0.2, -0.15) is 0 Å². The Morgan fingerprint density at radius 2 is 1.83 bits per heavy atom.